The van der Waals surface area contributed by atoms with Crippen molar-refractivity contribution in [1.29, 1.82) is 0 Å². The number of rotatable bonds is 7. The van der Waals surface area contributed by atoms with Crippen molar-refractivity contribution in [1.82, 2.24) is 10.2 Å². The minimum absolute atomic E-state index is 0.0336. The van der Waals surface area contributed by atoms with Crippen molar-refractivity contribution >= 4 is 29.2 Å². The first kappa shape index (κ1) is 20.8. The molecule has 0 aliphatic carbocycles. The maximum absolute atomic E-state index is 13.2. The molecule has 9 nitrogen and oxygen atoms in total. The van der Waals surface area contributed by atoms with Gasteiger partial charge in [0, 0.05) is 51.1 Å². The van der Waals surface area contributed by atoms with Gasteiger partial charge in [-0.2, -0.15) is 10.1 Å². The van der Waals surface area contributed by atoms with Crippen molar-refractivity contribution in [3.05, 3.63) is 70.3 Å². The Bertz CT molecular complexity index is 984. The molecule has 160 valence electrons. The zero-order valence-corrected chi connectivity index (χ0v) is 17.1. The molecule has 1 fully saturated rings. The monoisotopic (exact) mass is 420 g/mol. The maximum Gasteiger partial charge on any atom is 0.269 e. The Morgan fingerprint density at radius 3 is 2.52 bits per heavy atom. The van der Waals surface area contributed by atoms with Gasteiger partial charge in [-0.25, -0.2) is 0 Å². The summed E-state index contributed by atoms with van der Waals surface area (Å²) in [4.78, 5) is 30.5. The lowest BCUT2D eigenvalue weighted by Crippen LogP contribution is -2.44. The van der Waals surface area contributed by atoms with E-state index in [1.807, 2.05) is 30.3 Å². The largest absolute Gasteiger partial charge is 0.314 e. The van der Waals surface area contributed by atoms with Gasteiger partial charge in [0.05, 0.1) is 22.9 Å². The van der Waals surface area contributed by atoms with Crippen LogP contribution >= 0.6 is 0 Å². The Morgan fingerprint density at radius 2 is 1.84 bits per heavy atom. The number of amides is 1. The van der Waals surface area contributed by atoms with E-state index in [1.54, 1.807) is 6.21 Å². The molecule has 2 aliphatic rings. The van der Waals surface area contributed by atoms with Crippen LogP contribution in [0.4, 0.5) is 11.4 Å². The van der Waals surface area contributed by atoms with Crippen molar-refractivity contribution in [2.75, 3.05) is 44.3 Å². The van der Waals surface area contributed by atoms with Crippen molar-refractivity contribution in [3.8, 4) is 0 Å². The van der Waals surface area contributed by atoms with E-state index in [2.05, 4.69) is 20.3 Å². The lowest BCUT2D eigenvalue weighted by atomic mass is 9.98. The average molecular weight is 420 g/mol. The SMILES string of the molecule is O=C1[C@H](C=NCCN2CCNCC2)C(c2ccccc2)=NN1c1ccc([N+](=O)[O-])cc1. The molecule has 0 spiro atoms. The summed E-state index contributed by atoms with van der Waals surface area (Å²) >= 11 is 0. The normalized spacial score (nSPS) is 19.7. The number of carbonyl (C=O) groups is 1. The van der Waals surface area contributed by atoms with Gasteiger partial charge in [0.2, 0.25) is 0 Å². The summed E-state index contributed by atoms with van der Waals surface area (Å²) in [6.07, 6.45) is 1.68. The second kappa shape index (κ2) is 9.59. The van der Waals surface area contributed by atoms with Crippen LogP contribution in [-0.4, -0.2) is 66.9 Å². The van der Waals surface area contributed by atoms with E-state index in [4.69, 9.17) is 0 Å². The molecular formula is C22H24N6O3. The van der Waals surface area contributed by atoms with E-state index in [1.165, 1.54) is 29.3 Å². The summed E-state index contributed by atoms with van der Waals surface area (Å²) in [5, 5.41) is 20.1. The predicted molar refractivity (Wildman–Crippen MR) is 120 cm³/mol. The van der Waals surface area contributed by atoms with Crippen LogP contribution in [0.25, 0.3) is 0 Å². The lowest BCUT2D eigenvalue weighted by Gasteiger charge is -2.26. The predicted octanol–water partition coefficient (Wildman–Crippen LogP) is 1.94. The summed E-state index contributed by atoms with van der Waals surface area (Å²) in [6.45, 7) is 5.44. The van der Waals surface area contributed by atoms with Gasteiger partial charge in [-0.05, 0) is 17.7 Å². The van der Waals surface area contributed by atoms with Gasteiger partial charge in [0.15, 0.2) is 0 Å². The minimum Gasteiger partial charge on any atom is -0.314 e. The smallest absolute Gasteiger partial charge is 0.269 e. The first-order valence-electron chi connectivity index (χ1n) is 10.3. The molecule has 9 heteroatoms. The zero-order chi connectivity index (χ0) is 21.6. The molecule has 1 amide bonds. The standard InChI is InChI=1S/C22H24N6O3/c29-22-20(16-24-12-15-26-13-10-23-11-14-26)21(17-4-2-1-3-5-17)25-27(22)18-6-8-19(9-7-18)28(30)31/h1-9,16,20,23H,10-15H2/t20-/m1/s1. The van der Waals surface area contributed by atoms with Gasteiger partial charge in [0.25, 0.3) is 11.6 Å². The molecular weight excluding hydrogens is 396 g/mol. The molecule has 1 N–H and O–H groups in total. The molecule has 0 bridgehead atoms. The van der Waals surface area contributed by atoms with Crippen LogP contribution in [0.15, 0.2) is 64.7 Å². The molecule has 0 saturated carbocycles. The van der Waals surface area contributed by atoms with E-state index in [0.717, 1.165) is 38.3 Å². The van der Waals surface area contributed by atoms with Crippen LogP contribution < -0.4 is 10.3 Å². The van der Waals surface area contributed by atoms with Gasteiger partial charge >= 0.3 is 0 Å². The number of nitrogens with one attached hydrogen (secondary N) is 1. The van der Waals surface area contributed by atoms with Gasteiger partial charge < -0.3 is 5.32 Å². The fourth-order valence-electron chi connectivity index (χ4n) is 3.66. The van der Waals surface area contributed by atoms with Gasteiger partial charge in [-0.3, -0.25) is 24.8 Å². The van der Waals surface area contributed by atoms with Crippen LogP contribution in [-0.2, 0) is 4.79 Å². The maximum atomic E-state index is 13.2. The third-order valence-electron chi connectivity index (χ3n) is 5.36. The topological polar surface area (TPSA) is 103 Å². The molecule has 31 heavy (non-hydrogen) atoms. The molecule has 1 saturated heterocycles. The number of nitro benzene ring substituents is 1. The second-order valence-electron chi connectivity index (χ2n) is 7.40. The zero-order valence-electron chi connectivity index (χ0n) is 17.1. The Labute approximate surface area is 180 Å². The highest BCUT2D eigenvalue weighted by Crippen LogP contribution is 2.27. The number of non-ortho nitro benzene ring substituents is 1. The number of carbonyl (C=O) groups excluding carboxylic acids is 1. The van der Waals surface area contributed by atoms with Crippen LogP contribution in [0.5, 0.6) is 0 Å². The molecule has 0 radical (unpaired) electrons. The molecule has 0 aromatic heterocycles. The van der Waals surface area contributed by atoms with Crippen LogP contribution in [0.3, 0.4) is 0 Å². The fraction of sp³-hybridized carbons (Fsp3) is 0.318. The first-order chi connectivity index (χ1) is 15.1. The summed E-state index contributed by atoms with van der Waals surface area (Å²) in [6, 6.07) is 15.3. The van der Waals surface area contributed by atoms with Crippen molar-refractivity contribution < 1.29 is 9.72 Å². The first-order valence-corrected chi connectivity index (χ1v) is 10.3. The van der Waals surface area contributed by atoms with Crippen molar-refractivity contribution in [2.45, 2.75) is 0 Å². The number of hydrazone groups is 1. The second-order valence-corrected chi connectivity index (χ2v) is 7.40. The number of aliphatic imine (C=N–C) groups is 1. The van der Waals surface area contributed by atoms with Gasteiger partial charge in [-0.15, -0.1) is 0 Å². The minimum atomic E-state index is -0.597. The lowest BCUT2D eigenvalue weighted by molar-refractivity contribution is -0.384. The average Bonchev–Trinajstić information content (AvgIpc) is 3.14. The fourth-order valence-corrected chi connectivity index (χ4v) is 3.66. The summed E-state index contributed by atoms with van der Waals surface area (Å²) in [5.74, 6) is -0.820. The molecule has 0 unspecified atom stereocenters. The number of hydrogen-bond acceptors (Lipinski definition) is 7. The summed E-state index contributed by atoms with van der Waals surface area (Å²) < 4.78 is 0. The number of benzene rings is 2. The van der Waals surface area contributed by atoms with Crippen LogP contribution in [0, 0.1) is 16.0 Å². The van der Waals surface area contributed by atoms with E-state index in [-0.39, 0.29) is 11.6 Å². The number of nitrogens with zero attached hydrogens (tertiary/aromatic N) is 5. The Balaban J connectivity index is 1.53. The quantitative estimate of drug-likeness (QED) is 0.419. The highest BCUT2D eigenvalue weighted by Gasteiger charge is 2.36. The molecule has 2 aromatic carbocycles. The number of nitro groups is 1. The highest BCUT2D eigenvalue weighted by molar-refractivity contribution is 6.29. The van der Waals surface area contributed by atoms with E-state index >= 15 is 0 Å². The van der Waals surface area contributed by atoms with Crippen molar-refractivity contribution in [2.24, 2.45) is 16.0 Å². The highest BCUT2D eigenvalue weighted by atomic mass is 16.6. The van der Waals surface area contributed by atoms with E-state index < -0.39 is 10.8 Å². The summed E-state index contributed by atoms with van der Waals surface area (Å²) in [5.41, 5.74) is 1.92. The molecule has 4 rings (SSSR count). The number of hydrogen-bond donors (Lipinski definition) is 1. The van der Waals surface area contributed by atoms with Gasteiger partial charge in [0.1, 0.15) is 5.92 Å². The Hall–Kier alpha value is -3.43. The third-order valence-corrected chi connectivity index (χ3v) is 5.36. The van der Waals surface area contributed by atoms with Crippen LogP contribution in [0.1, 0.15) is 5.56 Å². The molecule has 1 atom stereocenters. The van der Waals surface area contributed by atoms with E-state index in [0.29, 0.717) is 17.9 Å². The van der Waals surface area contributed by atoms with Crippen LogP contribution in [0.2, 0.25) is 0 Å². The summed E-state index contributed by atoms with van der Waals surface area (Å²) in [7, 11) is 0. The molecule has 2 heterocycles. The van der Waals surface area contributed by atoms with E-state index in [9.17, 15) is 14.9 Å². The Kier molecular flexibility index (Phi) is 6.44. The number of anilines is 1. The molecule has 2 aromatic rings. The number of piperazine rings is 1. The Morgan fingerprint density at radius 1 is 1.13 bits per heavy atom. The third kappa shape index (κ3) is 4.84. The van der Waals surface area contributed by atoms with Crippen molar-refractivity contribution in [3.63, 3.8) is 0 Å². The van der Waals surface area contributed by atoms with Gasteiger partial charge in [-0.1, -0.05) is 30.3 Å². The molecule has 2 aliphatic heterocycles.